The maximum absolute atomic E-state index is 10.8. The second-order valence-corrected chi connectivity index (χ2v) is 4.51. The third-order valence-corrected chi connectivity index (χ3v) is 2.23. The van der Waals surface area contributed by atoms with Crippen molar-refractivity contribution in [1.82, 2.24) is 9.97 Å². The molecule has 0 aliphatic carbocycles. The Morgan fingerprint density at radius 1 is 1.62 bits per heavy atom. The van der Waals surface area contributed by atoms with Gasteiger partial charge >= 0.3 is 0 Å². The summed E-state index contributed by atoms with van der Waals surface area (Å²) in [6, 6.07) is 1.01. The van der Waals surface area contributed by atoms with Crippen LogP contribution in [0.2, 0.25) is 0 Å². The molecule has 1 aromatic heterocycles. The van der Waals surface area contributed by atoms with Gasteiger partial charge < -0.3 is 4.74 Å². The van der Waals surface area contributed by atoms with E-state index < -0.39 is 19.8 Å². The quantitative estimate of drug-likeness (QED) is 0.551. The minimum Gasteiger partial charge on any atom is -0.481 e. The van der Waals surface area contributed by atoms with Gasteiger partial charge in [0.2, 0.25) is 11.0 Å². The zero-order valence-electron chi connectivity index (χ0n) is 6.44. The molecule has 0 unspecified atom stereocenters. The lowest BCUT2D eigenvalue weighted by molar-refractivity contribution is 0.390. The topological polar surface area (TPSA) is 89.1 Å². The lowest BCUT2D eigenvalue weighted by Gasteiger charge is -1.98. The highest BCUT2D eigenvalue weighted by Gasteiger charge is 2.14. The van der Waals surface area contributed by atoms with Crippen LogP contribution in [0.4, 0.5) is 0 Å². The number of hydrogen-bond donors (Lipinski definition) is 1. The second kappa shape index (κ2) is 3.35. The van der Waals surface area contributed by atoms with Crippen molar-refractivity contribution in [2.24, 2.45) is 0 Å². The first kappa shape index (κ1) is 10.0. The van der Waals surface area contributed by atoms with Gasteiger partial charge in [-0.3, -0.25) is 9.78 Å². The number of nitrogens with zero attached hydrogens (tertiary/aromatic N) is 1. The summed E-state index contributed by atoms with van der Waals surface area (Å²) < 4.78 is 26.0. The van der Waals surface area contributed by atoms with Crippen LogP contribution in [0, 0.1) is 0 Å². The summed E-state index contributed by atoms with van der Waals surface area (Å²) in [4.78, 5) is 16.2. The summed E-state index contributed by atoms with van der Waals surface area (Å²) in [6.45, 7) is 0. The van der Waals surface area contributed by atoms with Crippen LogP contribution < -0.4 is 10.3 Å². The van der Waals surface area contributed by atoms with E-state index in [9.17, 15) is 13.2 Å². The third-order valence-electron chi connectivity index (χ3n) is 1.14. The molecule has 0 radical (unpaired) electrons. The molecule has 8 heteroatoms. The van der Waals surface area contributed by atoms with Crippen LogP contribution >= 0.6 is 10.7 Å². The Balaban J connectivity index is 3.42. The van der Waals surface area contributed by atoms with E-state index in [1.165, 1.54) is 7.11 Å². The molecule has 0 aliphatic rings. The smallest absolute Gasteiger partial charge is 0.295 e. The maximum atomic E-state index is 10.8. The van der Waals surface area contributed by atoms with Crippen molar-refractivity contribution in [3.05, 3.63) is 16.4 Å². The fraction of sp³-hybridized carbons (Fsp3) is 0.200. The lowest BCUT2D eigenvalue weighted by Crippen LogP contribution is -2.12. The molecule has 0 atom stereocenters. The SMILES string of the molecule is COc1cc(=O)[nH]c(S(=O)(=O)Cl)n1. The molecule has 0 fully saturated rings. The number of H-pyrrole nitrogens is 1. The minimum atomic E-state index is -4.03. The molecule has 0 bridgehead atoms. The van der Waals surface area contributed by atoms with Crippen molar-refractivity contribution in [3.8, 4) is 5.88 Å². The molecule has 72 valence electrons. The molecule has 0 spiro atoms. The van der Waals surface area contributed by atoms with Crippen LogP contribution in [0.25, 0.3) is 0 Å². The molecule has 0 aliphatic heterocycles. The molecule has 0 aromatic carbocycles. The zero-order valence-corrected chi connectivity index (χ0v) is 8.02. The van der Waals surface area contributed by atoms with E-state index in [2.05, 4.69) is 9.72 Å². The van der Waals surface area contributed by atoms with Crippen molar-refractivity contribution >= 4 is 19.7 Å². The van der Waals surface area contributed by atoms with Crippen LogP contribution in [0.3, 0.4) is 0 Å². The number of methoxy groups -OCH3 is 1. The molecule has 0 saturated heterocycles. The molecule has 1 aromatic rings. The van der Waals surface area contributed by atoms with Gasteiger partial charge in [-0.15, -0.1) is 0 Å². The Morgan fingerprint density at radius 3 is 2.69 bits per heavy atom. The van der Waals surface area contributed by atoms with Gasteiger partial charge in [0, 0.05) is 10.7 Å². The summed E-state index contributed by atoms with van der Waals surface area (Å²) >= 11 is 0. The summed E-state index contributed by atoms with van der Waals surface area (Å²) in [5.41, 5.74) is -0.647. The Kier molecular flexibility index (Phi) is 2.58. The molecule has 1 rings (SSSR count). The largest absolute Gasteiger partial charge is 0.481 e. The normalized spacial score (nSPS) is 11.2. The summed E-state index contributed by atoms with van der Waals surface area (Å²) in [7, 11) is 2.17. The molecule has 0 amide bonds. The first-order chi connectivity index (χ1) is 5.93. The van der Waals surface area contributed by atoms with E-state index in [4.69, 9.17) is 10.7 Å². The number of aromatic amines is 1. The highest BCUT2D eigenvalue weighted by atomic mass is 35.7. The van der Waals surface area contributed by atoms with Gasteiger partial charge in [0.1, 0.15) is 0 Å². The number of ether oxygens (including phenoxy) is 1. The zero-order chi connectivity index (χ0) is 10.1. The molecule has 6 nitrogen and oxygen atoms in total. The van der Waals surface area contributed by atoms with Crippen molar-refractivity contribution < 1.29 is 13.2 Å². The van der Waals surface area contributed by atoms with E-state index in [0.29, 0.717) is 0 Å². The first-order valence-corrected chi connectivity index (χ1v) is 5.34. The monoisotopic (exact) mass is 224 g/mol. The molecular weight excluding hydrogens is 220 g/mol. The number of hydrogen-bond acceptors (Lipinski definition) is 5. The fourth-order valence-corrected chi connectivity index (χ4v) is 1.27. The lowest BCUT2D eigenvalue weighted by atomic mass is 10.6. The third kappa shape index (κ3) is 2.43. The van der Waals surface area contributed by atoms with E-state index >= 15 is 0 Å². The van der Waals surface area contributed by atoms with E-state index in [1.54, 1.807) is 0 Å². The second-order valence-electron chi connectivity index (χ2n) is 2.03. The summed E-state index contributed by atoms with van der Waals surface area (Å²) in [5.74, 6) is -0.108. The minimum absolute atomic E-state index is 0.108. The van der Waals surface area contributed by atoms with Crippen LogP contribution in [-0.2, 0) is 9.05 Å². The fourth-order valence-electron chi connectivity index (χ4n) is 0.634. The summed E-state index contributed by atoms with van der Waals surface area (Å²) in [6.07, 6.45) is 0. The Morgan fingerprint density at radius 2 is 2.23 bits per heavy atom. The average molecular weight is 225 g/mol. The van der Waals surface area contributed by atoms with Gasteiger partial charge in [-0.2, -0.15) is 4.98 Å². The molecule has 1 heterocycles. The van der Waals surface area contributed by atoms with Gasteiger partial charge in [0.25, 0.3) is 14.6 Å². The number of aromatic nitrogens is 2. The molecular formula is C5H5ClN2O4S. The van der Waals surface area contributed by atoms with Crippen LogP contribution in [0.15, 0.2) is 16.0 Å². The van der Waals surface area contributed by atoms with Crippen LogP contribution in [0.5, 0.6) is 5.88 Å². The van der Waals surface area contributed by atoms with Crippen LogP contribution in [0.1, 0.15) is 0 Å². The van der Waals surface area contributed by atoms with Crippen molar-refractivity contribution in [2.75, 3.05) is 7.11 Å². The number of rotatable bonds is 2. The average Bonchev–Trinajstić information content (AvgIpc) is 2.01. The first-order valence-electron chi connectivity index (χ1n) is 3.03. The van der Waals surface area contributed by atoms with Crippen molar-refractivity contribution in [1.29, 1.82) is 0 Å². The van der Waals surface area contributed by atoms with Gasteiger partial charge in [-0.05, 0) is 0 Å². The van der Waals surface area contributed by atoms with Crippen LogP contribution in [-0.4, -0.2) is 25.5 Å². The van der Waals surface area contributed by atoms with E-state index in [-0.39, 0.29) is 5.88 Å². The molecule has 13 heavy (non-hydrogen) atoms. The number of nitrogens with one attached hydrogen (secondary N) is 1. The maximum Gasteiger partial charge on any atom is 0.295 e. The van der Waals surface area contributed by atoms with Gasteiger partial charge in [0.15, 0.2) is 0 Å². The van der Waals surface area contributed by atoms with Gasteiger partial charge in [-0.25, -0.2) is 8.42 Å². The Bertz CT molecular complexity index is 466. The Labute approximate surface area is 77.9 Å². The van der Waals surface area contributed by atoms with E-state index in [0.717, 1.165) is 6.07 Å². The predicted octanol–water partition coefficient (Wildman–Crippen LogP) is -0.294. The predicted molar refractivity (Wildman–Crippen MR) is 44.4 cm³/mol. The van der Waals surface area contributed by atoms with Crippen molar-refractivity contribution in [3.63, 3.8) is 0 Å². The highest BCUT2D eigenvalue weighted by molar-refractivity contribution is 8.13. The molecule has 1 N–H and O–H groups in total. The Hall–Kier alpha value is -1.08. The standard InChI is InChI=1S/C5H5ClN2O4S/c1-12-4-2-3(9)7-5(8-4)13(6,10)11/h2H,1H3,(H,7,8,9). The highest BCUT2D eigenvalue weighted by Crippen LogP contribution is 2.10. The summed E-state index contributed by atoms with van der Waals surface area (Å²) in [5, 5.41) is -0.626. The van der Waals surface area contributed by atoms with Gasteiger partial charge in [-0.1, -0.05) is 0 Å². The number of halogens is 1. The van der Waals surface area contributed by atoms with E-state index in [1.807, 2.05) is 4.98 Å². The molecule has 0 saturated carbocycles. The van der Waals surface area contributed by atoms with Crippen molar-refractivity contribution in [2.45, 2.75) is 5.16 Å². The van der Waals surface area contributed by atoms with Gasteiger partial charge in [0.05, 0.1) is 13.2 Å².